The maximum Gasteiger partial charge on any atom is 0.273 e. The van der Waals surface area contributed by atoms with Crippen LogP contribution in [0.15, 0.2) is 53.6 Å². The molecule has 0 saturated heterocycles. The number of benzene rings is 2. The minimum atomic E-state index is -0.440. The number of halogens is 1. The van der Waals surface area contributed by atoms with Crippen molar-refractivity contribution >= 4 is 24.3 Å². The van der Waals surface area contributed by atoms with Gasteiger partial charge in [0.1, 0.15) is 5.75 Å². The van der Waals surface area contributed by atoms with Crippen molar-refractivity contribution in [1.82, 2.24) is 0 Å². The molecule has 0 atom stereocenters. The Bertz CT molecular complexity index is 645. The van der Waals surface area contributed by atoms with Crippen molar-refractivity contribution in [3.63, 3.8) is 0 Å². The van der Waals surface area contributed by atoms with E-state index in [1.165, 1.54) is 12.1 Å². The minimum Gasteiger partial charge on any atom is -0.493 e. The van der Waals surface area contributed by atoms with Crippen molar-refractivity contribution in [2.45, 2.75) is 6.42 Å². The number of nitrogens with two attached hydrogens (primary N) is 1. The number of hydrogen-bond acceptors (Lipinski definition) is 5. The van der Waals surface area contributed by atoms with Crippen LogP contribution < -0.4 is 10.6 Å². The number of hydrogen-bond donors (Lipinski definition) is 1. The lowest BCUT2D eigenvalue weighted by atomic mass is 10.1. The van der Waals surface area contributed by atoms with Crippen LogP contribution in [0.4, 0.5) is 5.69 Å². The van der Waals surface area contributed by atoms with Crippen molar-refractivity contribution in [3.05, 3.63) is 69.8 Å². The zero-order valence-corrected chi connectivity index (χ0v) is 12.5. The summed E-state index contributed by atoms with van der Waals surface area (Å²) >= 11 is 0. The van der Waals surface area contributed by atoms with Crippen LogP contribution in [0.3, 0.4) is 0 Å². The number of rotatable bonds is 6. The Kier molecular flexibility index (Phi) is 6.85. The van der Waals surface area contributed by atoms with Crippen LogP contribution in [-0.2, 0) is 6.42 Å². The normalized spacial score (nSPS) is 10.2. The first-order valence-corrected chi connectivity index (χ1v) is 6.38. The molecule has 6 nitrogen and oxygen atoms in total. The molecule has 0 aromatic heterocycles. The van der Waals surface area contributed by atoms with E-state index in [2.05, 4.69) is 5.10 Å². The van der Waals surface area contributed by atoms with Crippen molar-refractivity contribution < 1.29 is 9.66 Å². The molecule has 116 valence electrons. The lowest BCUT2D eigenvalue weighted by Crippen LogP contribution is -2.02. The van der Waals surface area contributed by atoms with Gasteiger partial charge in [0.25, 0.3) is 5.69 Å². The van der Waals surface area contributed by atoms with Crippen molar-refractivity contribution in [3.8, 4) is 5.75 Å². The first kappa shape index (κ1) is 17.5. The van der Waals surface area contributed by atoms with Crippen LogP contribution in [0.1, 0.15) is 11.1 Å². The molecule has 2 rings (SSSR count). The SMILES string of the molecule is Cl.N/N=C\c1ccc(CCOc2cccc([N+](=O)[O-])c2)cc1. The molecule has 2 N–H and O–H groups in total. The molecule has 0 fully saturated rings. The maximum absolute atomic E-state index is 10.7. The Morgan fingerprint density at radius 3 is 2.59 bits per heavy atom. The van der Waals surface area contributed by atoms with Gasteiger partial charge in [-0.2, -0.15) is 5.10 Å². The molecule has 22 heavy (non-hydrogen) atoms. The van der Waals surface area contributed by atoms with Gasteiger partial charge in [-0.25, -0.2) is 0 Å². The van der Waals surface area contributed by atoms with Gasteiger partial charge in [0.2, 0.25) is 0 Å². The van der Waals surface area contributed by atoms with Crippen LogP contribution in [0.25, 0.3) is 0 Å². The first-order chi connectivity index (χ1) is 10.2. The summed E-state index contributed by atoms with van der Waals surface area (Å²) in [7, 11) is 0. The van der Waals surface area contributed by atoms with E-state index in [-0.39, 0.29) is 18.1 Å². The summed E-state index contributed by atoms with van der Waals surface area (Å²) < 4.78 is 5.53. The van der Waals surface area contributed by atoms with Crippen LogP contribution in [0.2, 0.25) is 0 Å². The van der Waals surface area contributed by atoms with Gasteiger partial charge >= 0.3 is 0 Å². The fraction of sp³-hybridized carbons (Fsp3) is 0.133. The highest BCUT2D eigenvalue weighted by atomic mass is 35.5. The summed E-state index contributed by atoms with van der Waals surface area (Å²) in [4.78, 5) is 10.2. The predicted octanol–water partition coefficient (Wildman–Crippen LogP) is 2.93. The second-order valence-corrected chi connectivity index (χ2v) is 4.37. The van der Waals surface area contributed by atoms with Crippen LogP contribution >= 0.6 is 12.4 Å². The third-order valence-electron chi connectivity index (χ3n) is 2.89. The average Bonchev–Trinajstić information content (AvgIpc) is 2.50. The van der Waals surface area contributed by atoms with Crippen LogP contribution in [0.5, 0.6) is 5.75 Å². The largest absolute Gasteiger partial charge is 0.493 e. The van der Waals surface area contributed by atoms with E-state index in [9.17, 15) is 10.1 Å². The van der Waals surface area contributed by atoms with Gasteiger partial charge in [0, 0.05) is 12.5 Å². The zero-order valence-electron chi connectivity index (χ0n) is 11.7. The molecule has 0 aliphatic heterocycles. The van der Waals surface area contributed by atoms with Gasteiger partial charge in [-0.05, 0) is 17.2 Å². The molecule has 0 unspecified atom stereocenters. The number of nitrogens with zero attached hydrogens (tertiary/aromatic N) is 2. The average molecular weight is 322 g/mol. The predicted molar refractivity (Wildman–Crippen MR) is 87.8 cm³/mol. The van der Waals surface area contributed by atoms with Gasteiger partial charge in [0.15, 0.2) is 0 Å². The zero-order chi connectivity index (χ0) is 15.1. The van der Waals surface area contributed by atoms with Gasteiger partial charge in [-0.15, -0.1) is 12.4 Å². The van der Waals surface area contributed by atoms with Gasteiger partial charge in [-0.1, -0.05) is 30.3 Å². The summed E-state index contributed by atoms with van der Waals surface area (Å²) in [5, 5.41) is 14.1. The van der Waals surface area contributed by atoms with E-state index < -0.39 is 4.92 Å². The Balaban J connectivity index is 0.00000242. The summed E-state index contributed by atoms with van der Waals surface area (Å²) in [5.74, 6) is 5.57. The molecule has 0 aliphatic rings. The molecule has 2 aromatic carbocycles. The molecule has 2 aromatic rings. The Morgan fingerprint density at radius 1 is 1.23 bits per heavy atom. The highest BCUT2D eigenvalue weighted by Crippen LogP contribution is 2.19. The minimum absolute atomic E-state index is 0. The lowest BCUT2D eigenvalue weighted by Gasteiger charge is -2.06. The smallest absolute Gasteiger partial charge is 0.273 e. The summed E-state index contributed by atoms with van der Waals surface area (Å²) in [6, 6.07) is 13.9. The number of non-ortho nitro benzene ring substituents is 1. The van der Waals surface area contributed by atoms with E-state index in [1.54, 1.807) is 18.3 Å². The molecule has 0 amide bonds. The monoisotopic (exact) mass is 321 g/mol. The fourth-order valence-corrected chi connectivity index (χ4v) is 1.83. The second-order valence-electron chi connectivity index (χ2n) is 4.37. The topological polar surface area (TPSA) is 90.8 Å². The van der Waals surface area contributed by atoms with Gasteiger partial charge in [0.05, 0.1) is 23.8 Å². The number of hydrazone groups is 1. The van der Waals surface area contributed by atoms with Gasteiger partial charge < -0.3 is 10.6 Å². The standard InChI is InChI=1S/C15H15N3O3.ClH/c16-17-11-13-6-4-12(5-7-13)8-9-21-15-3-1-2-14(10-15)18(19)20;/h1-7,10-11H,8-9,16H2;1H/b17-11-;. The Labute approximate surface area is 134 Å². The molecule has 0 heterocycles. The van der Waals surface area contributed by atoms with E-state index in [1.807, 2.05) is 24.3 Å². The molecular formula is C15H16ClN3O3. The van der Waals surface area contributed by atoms with Crippen LogP contribution in [-0.4, -0.2) is 17.7 Å². The number of nitro groups is 1. The Morgan fingerprint density at radius 2 is 1.95 bits per heavy atom. The molecule has 0 bridgehead atoms. The fourth-order valence-electron chi connectivity index (χ4n) is 1.83. The highest BCUT2D eigenvalue weighted by molar-refractivity contribution is 5.85. The van der Waals surface area contributed by atoms with E-state index in [0.717, 1.165) is 11.1 Å². The van der Waals surface area contributed by atoms with E-state index in [4.69, 9.17) is 10.6 Å². The molecule has 0 radical (unpaired) electrons. The van der Waals surface area contributed by atoms with E-state index >= 15 is 0 Å². The summed E-state index contributed by atoms with van der Waals surface area (Å²) in [5.41, 5.74) is 2.06. The highest BCUT2D eigenvalue weighted by Gasteiger charge is 2.06. The van der Waals surface area contributed by atoms with E-state index in [0.29, 0.717) is 18.8 Å². The maximum atomic E-state index is 10.7. The molecule has 7 heteroatoms. The number of nitro benzene ring substituents is 1. The van der Waals surface area contributed by atoms with Crippen molar-refractivity contribution in [2.24, 2.45) is 10.9 Å². The number of ether oxygens (including phenoxy) is 1. The van der Waals surface area contributed by atoms with Crippen molar-refractivity contribution in [1.29, 1.82) is 0 Å². The quantitative estimate of drug-likeness (QED) is 0.383. The lowest BCUT2D eigenvalue weighted by molar-refractivity contribution is -0.384. The summed E-state index contributed by atoms with van der Waals surface area (Å²) in [6.45, 7) is 0.450. The third kappa shape index (κ3) is 5.06. The third-order valence-corrected chi connectivity index (χ3v) is 2.89. The Hall–Kier alpha value is -2.60. The molecule has 0 saturated carbocycles. The molecule has 0 aliphatic carbocycles. The van der Waals surface area contributed by atoms with Crippen molar-refractivity contribution in [2.75, 3.05) is 6.61 Å². The molecular weight excluding hydrogens is 306 g/mol. The van der Waals surface area contributed by atoms with Gasteiger partial charge in [-0.3, -0.25) is 10.1 Å². The summed E-state index contributed by atoms with van der Waals surface area (Å²) in [6.07, 6.45) is 2.28. The second kappa shape index (κ2) is 8.63. The first-order valence-electron chi connectivity index (χ1n) is 6.38. The molecule has 0 spiro atoms. The van der Waals surface area contributed by atoms with Crippen LogP contribution in [0, 0.1) is 10.1 Å².